The first-order valence-electron chi connectivity index (χ1n) is 18.3. The van der Waals surface area contributed by atoms with Crippen molar-refractivity contribution in [2.75, 3.05) is 11.1 Å². The van der Waals surface area contributed by atoms with E-state index in [0.29, 0.717) is 16.9 Å². The maximum Gasteiger partial charge on any atom is 0.331 e. The van der Waals surface area contributed by atoms with E-state index in [4.69, 9.17) is 11.6 Å². The monoisotopic (exact) mass is 758 g/mol. The summed E-state index contributed by atoms with van der Waals surface area (Å²) < 4.78 is 26.3. The summed E-state index contributed by atoms with van der Waals surface area (Å²) in [7, 11) is -3.68. The molecular formula is C39H55ClN4O7S. The number of para-hydroxylation sites is 1. The summed E-state index contributed by atoms with van der Waals surface area (Å²) in [5.41, 5.74) is -0.447. The molecule has 13 heteroatoms. The summed E-state index contributed by atoms with van der Waals surface area (Å²) in [5, 5.41) is 3.95. The number of carbonyl (C=O) groups excluding carboxylic acids is 5. The lowest BCUT2D eigenvalue weighted by atomic mass is 9.84. The standard InChI is InChI=1S/C39H55ClN4O7S/c1-6-7-8-9-10-11-12-13-14-21-26-52(50,51)29(2)27-32(45)42-33-34(46)43(28-30-22-17-15-18-23-30)37(49)44(33)39(40,35(47)38(3,4)5)36(48)41-31-24-19-16-20-25-31/h15-20,22-25,29,33H,6-14,21,26-28H2,1-5H3,(H,41,48)(H,42,45). The molecule has 3 atom stereocenters. The van der Waals surface area contributed by atoms with E-state index in [-0.39, 0.29) is 18.0 Å². The second-order valence-electron chi connectivity index (χ2n) is 14.6. The predicted octanol–water partition coefficient (Wildman–Crippen LogP) is 7.20. The van der Waals surface area contributed by atoms with Gasteiger partial charge < -0.3 is 10.6 Å². The number of nitrogens with zero attached hydrogens (tertiary/aromatic N) is 2. The SMILES string of the molecule is CCCCCCCCCCCCS(=O)(=O)C(C)CC(=O)NC1C(=O)N(Cc2ccccc2)C(=O)N1C(Cl)(C(=O)Nc1ccccc1)C(=O)C(C)(C)C. The number of sulfone groups is 1. The first-order valence-corrected chi connectivity index (χ1v) is 20.4. The minimum absolute atomic E-state index is 0.0830. The fourth-order valence-electron chi connectivity index (χ4n) is 6.09. The van der Waals surface area contributed by atoms with E-state index in [1.54, 1.807) is 60.7 Å². The highest BCUT2D eigenvalue weighted by atomic mass is 35.5. The number of imide groups is 1. The lowest BCUT2D eigenvalue weighted by Crippen LogP contribution is -2.66. The summed E-state index contributed by atoms with van der Waals surface area (Å²) in [6.07, 6.45) is 8.10. The Kier molecular flexibility index (Phi) is 15.9. The van der Waals surface area contributed by atoms with Gasteiger partial charge in [-0.1, -0.05) is 146 Å². The van der Waals surface area contributed by atoms with Crippen LogP contribution in [0.1, 0.15) is 111 Å². The van der Waals surface area contributed by atoms with E-state index in [2.05, 4.69) is 17.6 Å². The molecule has 52 heavy (non-hydrogen) atoms. The van der Waals surface area contributed by atoms with Crippen LogP contribution in [0.4, 0.5) is 10.5 Å². The normalized spacial score (nSPS) is 16.8. The molecule has 2 aromatic carbocycles. The van der Waals surface area contributed by atoms with Crippen molar-refractivity contribution in [2.45, 2.75) is 128 Å². The predicted molar refractivity (Wildman–Crippen MR) is 204 cm³/mol. The molecule has 1 fully saturated rings. The Morgan fingerprint density at radius 3 is 1.88 bits per heavy atom. The highest BCUT2D eigenvalue weighted by Gasteiger charge is 2.63. The zero-order valence-electron chi connectivity index (χ0n) is 31.2. The molecule has 5 amide bonds. The zero-order chi connectivity index (χ0) is 38.5. The number of anilines is 1. The van der Waals surface area contributed by atoms with Crippen molar-refractivity contribution in [3.63, 3.8) is 0 Å². The summed E-state index contributed by atoms with van der Waals surface area (Å²) in [5.74, 6) is -3.87. The molecule has 2 N–H and O–H groups in total. The number of ketones is 1. The van der Waals surface area contributed by atoms with Crippen LogP contribution in [0.2, 0.25) is 0 Å². The molecule has 2 aromatic rings. The molecule has 0 aliphatic carbocycles. The van der Waals surface area contributed by atoms with E-state index >= 15 is 0 Å². The second-order valence-corrected chi connectivity index (χ2v) is 17.7. The van der Waals surface area contributed by atoms with Crippen LogP contribution in [0.5, 0.6) is 0 Å². The van der Waals surface area contributed by atoms with Gasteiger partial charge in [0.15, 0.2) is 21.8 Å². The van der Waals surface area contributed by atoms with Crippen LogP contribution >= 0.6 is 11.6 Å². The highest BCUT2D eigenvalue weighted by molar-refractivity contribution is 7.92. The van der Waals surface area contributed by atoms with E-state index in [9.17, 15) is 32.4 Å². The Balaban J connectivity index is 1.81. The molecule has 1 saturated heterocycles. The topological polar surface area (TPSA) is 150 Å². The van der Waals surface area contributed by atoms with Gasteiger partial charge in [-0.25, -0.2) is 13.2 Å². The number of unbranched alkanes of at least 4 members (excludes halogenated alkanes) is 9. The number of Topliss-reactive ketones (excluding diaryl/α,β-unsaturated/α-hetero) is 1. The Hall–Kier alpha value is -3.77. The van der Waals surface area contributed by atoms with Crippen LogP contribution in [0.25, 0.3) is 0 Å². The van der Waals surface area contributed by atoms with Gasteiger partial charge in [0.2, 0.25) is 5.91 Å². The van der Waals surface area contributed by atoms with Crippen molar-refractivity contribution in [1.29, 1.82) is 0 Å². The molecule has 3 rings (SSSR count). The number of amides is 5. The molecule has 0 bridgehead atoms. The number of hydrogen-bond donors (Lipinski definition) is 2. The van der Waals surface area contributed by atoms with Crippen LogP contribution in [0.15, 0.2) is 60.7 Å². The lowest BCUT2D eigenvalue weighted by Gasteiger charge is -2.39. The van der Waals surface area contributed by atoms with Crippen molar-refractivity contribution in [2.24, 2.45) is 5.41 Å². The number of hydrogen-bond acceptors (Lipinski definition) is 7. The van der Waals surface area contributed by atoms with Gasteiger partial charge in [-0.2, -0.15) is 0 Å². The molecule has 286 valence electrons. The van der Waals surface area contributed by atoms with Crippen LogP contribution in [-0.2, 0) is 35.6 Å². The molecule has 0 saturated carbocycles. The van der Waals surface area contributed by atoms with Crippen molar-refractivity contribution in [1.82, 2.24) is 15.1 Å². The van der Waals surface area contributed by atoms with Crippen molar-refractivity contribution >= 4 is 56.7 Å². The Morgan fingerprint density at radius 1 is 0.827 bits per heavy atom. The molecule has 11 nitrogen and oxygen atoms in total. The van der Waals surface area contributed by atoms with E-state index in [1.165, 1.54) is 59.8 Å². The van der Waals surface area contributed by atoms with Crippen LogP contribution < -0.4 is 10.6 Å². The molecule has 0 aromatic heterocycles. The Labute approximate surface area is 314 Å². The summed E-state index contributed by atoms with van der Waals surface area (Å²) >= 11 is 7.01. The van der Waals surface area contributed by atoms with Gasteiger partial charge in [-0.15, -0.1) is 0 Å². The molecular weight excluding hydrogens is 704 g/mol. The Bertz CT molecular complexity index is 1630. The van der Waals surface area contributed by atoms with Crippen molar-refractivity contribution in [3.05, 3.63) is 66.2 Å². The third-order valence-electron chi connectivity index (χ3n) is 9.19. The summed E-state index contributed by atoms with van der Waals surface area (Å²) in [6, 6.07) is 15.7. The zero-order valence-corrected chi connectivity index (χ0v) is 32.7. The van der Waals surface area contributed by atoms with Gasteiger partial charge in [0.25, 0.3) is 16.8 Å². The van der Waals surface area contributed by atoms with Gasteiger partial charge >= 0.3 is 6.03 Å². The largest absolute Gasteiger partial charge is 0.331 e. The van der Waals surface area contributed by atoms with E-state index in [0.717, 1.165) is 30.6 Å². The summed E-state index contributed by atoms with van der Waals surface area (Å²) in [6.45, 7) is 7.92. The number of halogens is 1. The average molecular weight is 759 g/mol. The van der Waals surface area contributed by atoms with Gasteiger partial charge in [0, 0.05) is 17.5 Å². The van der Waals surface area contributed by atoms with Crippen molar-refractivity contribution < 1.29 is 32.4 Å². The van der Waals surface area contributed by atoms with Gasteiger partial charge in [0.05, 0.1) is 17.5 Å². The van der Waals surface area contributed by atoms with Crippen molar-refractivity contribution in [3.8, 4) is 0 Å². The summed E-state index contributed by atoms with van der Waals surface area (Å²) in [4.78, 5) is 68.4. The number of urea groups is 1. The first-order chi connectivity index (χ1) is 24.5. The third kappa shape index (κ3) is 11.4. The maximum absolute atomic E-state index is 14.2. The molecule has 0 spiro atoms. The quantitative estimate of drug-likeness (QED) is 0.0450. The fourth-order valence-corrected chi connectivity index (χ4v) is 8.00. The lowest BCUT2D eigenvalue weighted by molar-refractivity contribution is -0.143. The van der Waals surface area contributed by atoms with Gasteiger partial charge in [-0.3, -0.25) is 29.0 Å². The molecule has 1 aliphatic heterocycles. The number of rotatable bonds is 21. The average Bonchev–Trinajstić information content (AvgIpc) is 3.32. The van der Waals surface area contributed by atoms with Crippen LogP contribution in [0.3, 0.4) is 0 Å². The van der Waals surface area contributed by atoms with E-state index < -0.39 is 67.6 Å². The van der Waals surface area contributed by atoms with Crippen LogP contribution in [0, 0.1) is 5.41 Å². The van der Waals surface area contributed by atoms with Gasteiger partial charge in [-0.05, 0) is 31.0 Å². The minimum Gasteiger partial charge on any atom is -0.328 e. The molecule has 3 unspecified atom stereocenters. The fraction of sp³-hybridized carbons (Fsp3) is 0.564. The number of nitrogens with one attached hydrogen (secondary N) is 2. The number of alkyl halides is 1. The molecule has 0 radical (unpaired) electrons. The third-order valence-corrected chi connectivity index (χ3v) is 12.0. The first kappa shape index (κ1) is 42.6. The minimum atomic E-state index is -3.68. The molecule has 1 aliphatic rings. The smallest absolute Gasteiger partial charge is 0.328 e. The van der Waals surface area contributed by atoms with Gasteiger partial charge in [0.1, 0.15) is 0 Å². The number of benzene rings is 2. The van der Waals surface area contributed by atoms with E-state index in [1.807, 2.05) is 0 Å². The molecule has 1 heterocycles. The maximum atomic E-state index is 14.2. The van der Waals surface area contributed by atoms with Crippen LogP contribution in [-0.4, -0.2) is 69.9 Å². The Morgan fingerprint density at radius 2 is 1.35 bits per heavy atom. The second kappa shape index (κ2) is 19.3. The number of carbonyl (C=O) groups is 5. The highest BCUT2D eigenvalue weighted by Crippen LogP contribution is 2.38.